The maximum Gasteiger partial charge on any atom is 0.179 e. The van der Waals surface area contributed by atoms with E-state index in [1.165, 1.54) is 12.2 Å². The molecular formula is C8H11ClFNO2. The average Bonchev–Trinajstić information content (AvgIpc) is 2.07. The third-order valence-corrected chi connectivity index (χ3v) is 1.81. The highest BCUT2D eigenvalue weighted by molar-refractivity contribution is 6.12. The van der Waals surface area contributed by atoms with Gasteiger partial charge in [-0.05, 0) is 18.2 Å². The maximum atomic E-state index is 12.9. The first-order valence-electron chi connectivity index (χ1n) is 3.88. The normalized spacial score (nSPS) is 27.6. The smallest absolute Gasteiger partial charge is 0.179 e. The van der Waals surface area contributed by atoms with E-state index >= 15 is 0 Å². The molecule has 0 amide bonds. The minimum atomic E-state index is -0.964. The number of rotatable bonds is 3. The molecule has 0 aromatic carbocycles. The molecule has 1 N–H and O–H groups in total. The summed E-state index contributed by atoms with van der Waals surface area (Å²) < 4.78 is 18.3. The fraction of sp³-hybridized carbons (Fsp3) is 0.500. The molecule has 0 aliphatic heterocycles. The van der Waals surface area contributed by atoms with E-state index in [4.69, 9.17) is 21.7 Å². The topological polar surface area (TPSA) is 32.7 Å². The molecule has 0 fully saturated rings. The molecule has 0 bridgehead atoms. The Kier molecular flexibility index (Phi) is 3.71. The number of hydrogen-bond donors (Lipinski definition) is 1. The van der Waals surface area contributed by atoms with Crippen molar-refractivity contribution < 1.29 is 14.3 Å². The third kappa shape index (κ3) is 3.34. The predicted molar refractivity (Wildman–Crippen MR) is 46.7 cm³/mol. The highest BCUT2D eigenvalue weighted by Gasteiger charge is 2.16. The molecule has 2 atom stereocenters. The zero-order valence-corrected chi connectivity index (χ0v) is 7.91. The molecule has 0 aromatic heterocycles. The summed E-state index contributed by atoms with van der Waals surface area (Å²) in [6.07, 6.45) is 3.61. The first-order valence-corrected chi connectivity index (χ1v) is 4.22. The van der Waals surface area contributed by atoms with Gasteiger partial charge in [0.25, 0.3) is 0 Å². The van der Waals surface area contributed by atoms with Crippen LogP contribution in [0.3, 0.4) is 0 Å². The quantitative estimate of drug-likeness (QED) is 0.438. The SMILES string of the molecule is CC1C=C(OCN(O)Cl)C=CC1F. The Morgan fingerprint density at radius 3 is 3.00 bits per heavy atom. The monoisotopic (exact) mass is 207 g/mol. The molecule has 0 saturated carbocycles. The largest absolute Gasteiger partial charge is 0.475 e. The van der Waals surface area contributed by atoms with Gasteiger partial charge in [-0.2, -0.15) is 0 Å². The predicted octanol–water partition coefficient (Wildman–Crippen LogP) is 2.23. The van der Waals surface area contributed by atoms with Crippen molar-refractivity contribution >= 4 is 11.8 Å². The van der Waals surface area contributed by atoms with Gasteiger partial charge in [0.2, 0.25) is 0 Å². The molecule has 0 aromatic rings. The van der Waals surface area contributed by atoms with Gasteiger partial charge in [0.05, 0.1) is 0 Å². The Bertz CT molecular complexity index is 230. The lowest BCUT2D eigenvalue weighted by Gasteiger charge is -2.17. The van der Waals surface area contributed by atoms with Crippen molar-refractivity contribution in [3.05, 3.63) is 24.0 Å². The summed E-state index contributed by atoms with van der Waals surface area (Å²) in [6, 6.07) is 0. The Morgan fingerprint density at radius 2 is 2.46 bits per heavy atom. The van der Waals surface area contributed by atoms with E-state index in [9.17, 15) is 4.39 Å². The zero-order chi connectivity index (χ0) is 9.84. The Balaban J connectivity index is 2.44. The second-order valence-corrected chi connectivity index (χ2v) is 3.23. The summed E-state index contributed by atoms with van der Waals surface area (Å²) in [5.74, 6) is 0.309. The van der Waals surface area contributed by atoms with Crippen LogP contribution in [-0.4, -0.2) is 22.7 Å². The summed E-state index contributed by atoms with van der Waals surface area (Å²) in [4.78, 5) is 0. The molecule has 1 rings (SSSR count). The van der Waals surface area contributed by atoms with Crippen LogP contribution in [0.15, 0.2) is 24.0 Å². The summed E-state index contributed by atoms with van der Waals surface area (Å²) in [6.45, 7) is 1.59. The van der Waals surface area contributed by atoms with Gasteiger partial charge in [-0.15, -0.1) is 0 Å². The zero-order valence-electron chi connectivity index (χ0n) is 7.15. The Hall–Kier alpha value is -0.580. The standard InChI is InChI=1S/C8H11ClFNO2/c1-6-4-7(2-3-8(6)10)13-5-11(9)12/h2-4,6,8,12H,5H2,1H3. The summed E-state index contributed by atoms with van der Waals surface area (Å²) >= 11 is 5.10. The minimum absolute atomic E-state index is 0.151. The van der Waals surface area contributed by atoms with Crippen LogP contribution in [0.5, 0.6) is 0 Å². The molecule has 0 heterocycles. The van der Waals surface area contributed by atoms with Crippen molar-refractivity contribution in [2.75, 3.05) is 6.73 Å². The van der Waals surface area contributed by atoms with E-state index in [0.717, 1.165) is 0 Å². The lowest BCUT2D eigenvalue weighted by Crippen LogP contribution is -2.15. The minimum Gasteiger partial charge on any atom is -0.475 e. The second-order valence-electron chi connectivity index (χ2n) is 2.84. The van der Waals surface area contributed by atoms with Crippen molar-refractivity contribution in [2.45, 2.75) is 13.1 Å². The Labute approximate surface area is 81.1 Å². The molecule has 1 aliphatic carbocycles. The van der Waals surface area contributed by atoms with E-state index in [1.54, 1.807) is 13.0 Å². The van der Waals surface area contributed by atoms with Crippen LogP contribution in [0, 0.1) is 5.92 Å². The Morgan fingerprint density at radius 1 is 1.77 bits per heavy atom. The summed E-state index contributed by atoms with van der Waals surface area (Å²) in [5.41, 5.74) is 0. The van der Waals surface area contributed by atoms with Crippen LogP contribution < -0.4 is 0 Å². The molecule has 74 valence electrons. The molecule has 13 heavy (non-hydrogen) atoms. The maximum absolute atomic E-state index is 12.9. The number of nitrogens with zero attached hydrogens (tertiary/aromatic N) is 1. The van der Waals surface area contributed by atoms with Gasteiger partial charge in [-0.25, -0.2) is 4.39 Å². The van der Waals surface area contributed by atoms with Crippen LogP contribution in [-0.2, 0) is 4.74 Å². The van der Waals surface area contributed by atoms with Crippen LogP contribution in [0.25, 0.3) is 0 Å². The summed E-state index contributed by atoms with van der Waals surface area (Å²) in [7, 11) is 0. The number of hydroxylamine groups is 1. The van der Waals surface area contributed by atoms with E-state index in [1.807, 2.05) is 0 Å². The van der Waals surface area contributed by atoms with Crippen LogP contribution in [0.1, 0.15) is 6.92 Å². The first kappa shape index (κ1) is 10.5. The molecule has 3 nitrogen and oxygen atoms in total. The van der Waals surface area contributed by atoms with Crippen LogP contribution in [0.2, 0.25) is 0 Å². The fourth-order valence-electron chi connectivity index (χ4n) is 0.993. The van der Waals surface area contributed by atoms with Gasteiger partial charge in [0.15, 0.2) is 6.73 Å². The van der Waals surface area contributed by atoms with Gasteiger partial charge in [0, 0.05) is 17.7 Å². The fourth-order valence-corrected chi connectivity index (χ4v) is 1.04. The average molecular weight is 208 g/mol. The van der Waals surface area contributed by atoms with Crippen molar-refractivity contribution in [3.63, 3.8) is 0 Å². The molecule has 5 heteroatoms. The highest BCUT2D eigenvalue weighted by atomic mass is 35.5. The van der Waals surface area contributed by atoms with Gasteiger partial charge >= 0.3 is 0 Å². The van der Waals surface area contributed by atoms with Gasteiger partial charge in [-0.3, -0.25) is 5.21 Å². The number of alkyl halides is 1. The van der Waals surface area contributed by atoms with Gasteiger partial charge in [-0.1, -0.05) is 11.5 Å². The van der Waals surface area contributed by atoms with Gasteiger partial charge < -0.3 is 4.74 Å². The number of allylic oxidation sites excluding steroid dienone is 3. The third-order valence-electron chi connectivity index (χ3n) is 1.71. The molecule has 1 aliphatic rings. The molecule has 0 radical (unpaired) electrons. The van der Waals surface area contributed by atoms with Crippen molar-refractivity contribution in [1.29, 1.82) is 0 Å². The molecular weight excluding hydrogens is 197 g/mol. The van der Waals surface area contributed by atoms with E-state index < -0.39 is 6.17 Å². The lowest BCUT2D eigenvalue weighted by molar-refractivity contribution is -0.0678. The summed E-state index contributed by atoms with van der Waals surface area (Å²) in [5, 5.41) is 8.55. The molecule has 0 spiro atoms. The highest BCUT2D eigenvalue weighted by Crippen LogP contribution is 2.20. The number of halogens is 2. The second kappa shape index (κ2) is 4.60. The number of hydrogen-bond acceptors (Lipinski definition) is 3. The molecule has 0 saturated heterocycles. The van der Waals surface area contributed by atoms with E-state index in [-0.39, 0.29) is 12.6 Å². The van der Waals surface area contributed by atoms with Crippen molar-refractivity contribution in [3.8, 4) is 0 Å². The lowest BCUT2D eigenvalue weighted by atomic mass is 10.0. The van der Waals surface area contributed by atoms with E-state index in [2.05, 4.69) is 0 Å². The van der Waals surface area contributed by atoms with Crippen LogP contribution >= 0.6 is 11.8 Å². The first-order chi connectivity index (χ1) is 6.09. The van der Waals surface area contributed by atoms with E-state index in [0.29, 0.717) is 10.3 Å². The van der Waals surface area contributed by atoms with Crippen LogP contribution in [0.4, 0.5) is 4.39 Å². The van der Waals surface area contributed by atoms with Gasteiger partial charge in [0.1, 0.15) is 11.9 Å². The van der Waals surface area contributed by atoms with Crippen molar-refractivity contribution in [1.82, 2.24) is 4.58 Å². The molecule has 2 unspecified atom stereocenters. The number of ether oxygens (including phenoxy) is 1. The van der Waals surface area contributed by atoms with Crippen molar-refractivity contribution in [2.24, 2.45) is 5.92 Å².